The van der Waals surface area contributed by atoms with Gasteiger partial charge < -0.3 is 5.32 Å². The lowest BCUT2D eigenvalue weighted by atomic mass is 10.3. The normalized spacial score (nSPS) is 10.6. The fraction of sp³-hybridized carbons (Fsp3) is 0.333. The first-order chi connectivity index (χ1) is 9.71. The Morgan fingerprint density at radius 1 is 1.15 bits per heavy atom. The summed E-state index contributed by atoms with van der Waals surface area (Å²) in [5.41, 5.74) is 0. The van der Waals surface area contributed by atoms with Crippen LogP contribution in [0.15, 0.2) is 44.7 Å². The maximum Gasteiger partial charge on any atom is 0.132 e. The zero-order chi connectivity index (χ0) is 14.4. The molecule has 0 spiro atoms. The van der Waals surface area contributed by atoms with Crippen molar-refractivity contribution in [3.05, 3.63) is 40.6 Å². The highest BCUT2D eigenvalue weighted by molar-refractivity contribution is 9.10. The minimum absolute atomic E-state index is 0.866. The molecular weight excluding hydrogens is 334 g/mol. The number of benzene rings is 1. The zero-order valence-electron chi connectivity index (χ0n) is 11.7. The minimum atomic E-state index is 0.866. The van der Waals surface area contributed by atoms with Crippen LogP contribution in [0.5, 0.6) is 0 Å². The molecule has 0 amide bonds. The third kappa shape index (κ3) is 4.49. The monoisotopic (exact) mass is 351 g/mol. The first-order valence-corrected chi connectivity index (χ1v) is 8.37. The van der Waals surface area contributed by atoms with Gasteiger partial charge in [0.2, 0.25) is 0 Å². The molecule has 0 saturated carbocycles. The number of nitrogens with zero attached hydrogens (tertiary/aromatic N) is 2. The molecule has 1 heterocycles. The van der Waals surface area contributed by atoms with Gasteiger partial charge in [-0.3, -0.25) is 0 Å². The Morgan fingerprint density at radius 2 is 1.90 bits per heavy atom. The number of nitrogens with one attached hydrogen (secondary N) is 1. The van der Waals surface area contributed by atoms with E-state index >= 15 is 0 Å². The Balaban J connectivity index is 2.22. The average Bonchev–Trinajstić information content (AvgIpc) is 2.42. The van der Waals surface area contributed by atoms with Gasteiger partial charge in [-0.2, -0.15) is 0 Å². The Hall–Kier alpha value is -1.07. The van der Waals surface area contributed by atoms with Crippen molar-refractivity contribution in [2.45, 2.75) is 36.6 Å². The smallest absolute Gasteiger partial charge is 0.132 e. The van der Waals surface area contributed by atoms with Crippen LogP contribution in [-0.2, 0) is 6.42 Å². The Bertz CT molecular complexity index is 533. The van der Waals surface area contributed by atoms with Crippen molar-refractivity contribution in [1.29, 1.82) is 0 Å². The van der Waals surface area contributed by atoms with Crippen molar-refractivity contribution >= 4 is 33.5 Å². The molecular formula is C15H18BrN3S. The van der Waals surface area contributed by atoms with E-state index in [0.717, 1.165) is 40.5 Å². The number of halogens is 1. The highest BCUT2D eigenvalue weighted by Crippen LogP contribution is 2.28. The van der Waals surface area contributed by atoms with Gasteiger partial charge in [0, 0.05) is 28.4 Å². The van der Waals surface area contributed by atoms with Gasteiger partial charge in [-0.25, -0.2) is 9.97 Å². The first-order valence-electron chi connectivity index (χ1n) is 6.76. The van der Waals surface area contributed by atoms with Crippen LogP contribution in [0.2, 0.25) is 0 Å². The van der Waals surface area contributed by atoms with E-state index < -0.39 is 0 Å². The lowest BCUT2D eigenvalue weighted by Gasteiger charge is -2.08. The Morgan fingerprint density at radius 3 is 2.55 bits per heavy atom. The molecule has 5 heteroatoms. The van der Waals surface area contributed by atoms with Crippen LogP contribution in [0, 0.1) is 0 Å². The minimum Gasteiger partial charge on any atom is -0.370 e. The maximum absolute atomic E-state index is 4.62. The van der Waals surface area contributed by atoms with E-state index in [2.05, 4.69) is 57.2 Å². The number of aromatic nitrogens is 2. The van der Waals surface area contributed by atoms with Crippen LogP contribution < -0.4 is 5.32 Å². The molecule has 3 nitrogen and oxygen atoms in total. The van der Waals surface area contributed by atoms with Crippen molar-refractivity contribution < 1.29 is 0 Å². The summed E-state index contributed by atoms with van der Waals surface area (Å²) >= 11 is 5.11. The quantitative estimate of drug-likeness (QED) is 0.760. The van der Waals surface area contributed by atoms with E-state index in [0.29, 0.717) is 0 Å². The summed E-state index contributed by atoms with van der Waals surface area (Å²) < 4.78 is 1.09. The van der Waals surface area contributed by atoms with Gasteiger partial charge in [-0.05, 0) is 37.6 Å². The fourth-order valence-corrected chi connectivity index (χ4v) is 2.86. The molecule has 0 aliphatic carbocycles. The summed E-state index contributed by atoms with van der Waals surface area (Å²) in [5, 5.41) is 4.26. The Kier molecular flexibility index (Phi) is 5.86. The predicted molar refractivity (Wildman–Crippen MR) is 88.5 cm³/mol. The van der Waals surface area contributed by atoms with Crippen molar-refractivity contribution in [2.75, 3.05) is 11.9 Å². The second-order valence-corrected chi connectivity index (χ2v) is 6.35. The zero-order valence-corrected chi connectivity index (χ0v) is 14.1. The number of aryl methyl sites for hydroxylation is 1. The van der Waals surface area contributed by atoms with Crippen LogP contribution >= 0.6 is 27.7 Å². The van der Waals surface area contributed by atoms with Gasteiger partial charge in [-0.1, -0.05) is 34.6 Å². The van der Waals surface area contributed by atoms with Crippen LogP contribution in [0.4, 0.5) is 5.82 Å². The highest BCUT2D eigenvalue weighted by atomic mass is 79.9. The molecule has 2 rings (SSSR count). The molecule has 2 aromatic rings. The van der Waals surface area contributed by atoms with Crippen LogP contribution in [0.25, 0.3) is 0 Å². The maximum atomic E-state index is 4.62. The second kappa shape index (κ2) is 7.64. The van der Waals surface area contributed by atoms with E-state index in [1.807, 2.05) is 18.2 Å². The van der Waals surface area contributed by atoms with Crippen molar-refractivity contribution in [3.8, 4) is 0 Å². The molecule has 1 aromatic carbocycles. The van der Waals surface area contributed by atoms with E-state index in [1.54, 1.807) is 11.8 Å². The van der Waals surface area contributed by atoms with Crippen molar-refractivity contribution in [3.63, 3.8) is 0 Å². The van der Waals surface area contributed by atoms with E-state index in [-0.39, 0.29) is 0 Å². The van der Waals surface area contributed by atoms with Gasteiger partial charge in [0.1, 0.15) is 16.7 Å². The van der Waals surface area contributed by atoms with E-state index in [9.17, 15) is 0 Å². The number of hydrogen-bond donors (Lipinski definition) is 1. The van der Waals surface area contributed by atoms with E-state index in [4.69, 9.17) is 0 Å². The summed E-state index contributed by atoms with van der Waals surface area (Å²) in [5.74, 6) is 1.82. The molecule has 1 aromatic heterocycles. The van der Waals surface area contributed by atoms with Gasteiger partial charge in [0.25, 0.3) is 0 Å². The summed E-state index contributed by atoms with van der Waals surface area (Å²) in [7, 11) is 0. The number of hydrogen-bond acceptors (Lipinski definition) is 4. The summed E-state index contributed by atoms with van der Waals surface area (Å²) in [6.07, 6.45) is 1.96. The molecule has 0 atom stereocenters. The second-order valence-electron chi connectivity index (χ2n) is 4.34. The van der Waals surface area contributed by atoms with Gasteiger partial charge in [0.05, 0.1) is 0 Å². The van der Waals surface area contributed by atoms with Gasteiger partial charge >= 0.3 is 0 Å². The summed E-state index contributed by atoms with van der Waals surface area (Å²) in [6.45, 7) is 5.08. The molecule has 0 bridgehead atoms. The molecule has 0 aliphatic heterocycles. The molecule has 20 heavy (non-hydrogen) atoms. The van der Waals surface area contributed by atoms with Crippen LogP contribution in [0.3, 0.4) is 0 Å². The Labute approximate surface area is 132 Å². The fourth-order valence-electron chi connectivity index (χ4n) is 1.76. The van der Waals surface area contributed by atoms with Gasteiger partial charge in [0.15, 0.2) is 0 Å². The molecule has 0 radical (unpaired) electrons. The molecule has 0 aliphatic rings. The third-order valence-electron chi connectivity index (χ3n) is 2.62. The standard InChI is InChI=1S/C15H18BrN3S/c1-3-5-13-18-14(17-4-2)10-15(19-13)20-12-8-6-11(16)7-9-12/h6-10H,3-5H2,1-2H3,(H,17,18,19). The molecule has 1 N–H and O–H groups in total. The summed E-state index contributed by atoms with van der Waals surface area (Å²) in [4.78, 5) is 10.3. The average molecular weight is 352 g/mol. The summed E-state index contributed by atoms with van der Waals surface area (Å²) in [6, 6.07) is 10.3. The predicted octanol–water partition coefficient (Wildman–Crippen LogP) is 4.77. The molecule has 0 saturated heterocycles. The number of rotatable bonds is 6. The van der Waals surface area contributed by atoms with Crippen LogP contribution in [0.1, 0.15) is 26.1 Å². The van der Waals surface area contributed by atoms with Crippen LogP contribution in [-0.4, -0.2) is 16.5 Å². The third-order valence-corrected chi connectivity index (χ3v) is 4.07. The molecule has 0 unspecified atom stereocenters. The molecule has 0 fully saturated rings. The lowest BCUT2D eigenvalue weighted by molar-refractivity contribution is 0.810. The number of anilines is 1. The lowest BCUT2D eigenvalue weighted by Crippen LogP contribution is -2.04. The highest BCUT2D eigenvalue weighted by Gasteiger charge is 2.06. The van der Waals surface area contributed by atoms with Crippen molar-refractivity contribution in [1.82, 2.24) is 9.97 Å². The van der Waals surface area contributed by atoms with E-state index in [1.165, 1.54) is 4.90 Å². The van der Waals surface area contributed by atoms with Gasteiger partial charge in [-0.15, -0.1) is 0 Å². The first kappa shape index (κ1) is 15.3. The largest absolute Gasteiger partial charge is 0.370 e. The van der Waals surface area contributed by atoms with Crippen molar-refractivity contribution in [2.24, 2.45) is 0 Å². The SMILES string of the molecule is CCCc1nc(NCC)cc(Sc2ccc(Br)cc2)n1. The molecule has 106 valence electrons. The topological polar surface area (TPSA) is 37.8 Å².